The van der Waals surface area contributed by atoms with Crippen molar-refractivity contribution in [3.63, 3.8) is 0 Å². The van der Waals surface area contributed by atoms with Gasteiger partial charge in [0.05, 0.1) is 0 Å². The zero-order valence-electron chi connectivity index (χ0n) is 17.6. The SMILES string of the molecule is CNCC[C@@H](Oc1ccccc1CCN1CCN(C)C[C@@H](C)C1)c1cccs1. The Balaban J connectivity index is 1.65. The number of para-hydroxylation sites is 1. The van der Waals surface area contributed by atoms with Crippen LogP contribution in [0.25, 0.3) is 0 Å². The molecule has 2 heterocycles. The van der Waals surface area contributed by atoms with Crippen LogP contribution in [0.1, 0.15) is 29.9 Å². The summed E-state index contributed by atoms with van der Waals surface area (Å²) in [5.41, 5.74) is 1.32. The van der Waals surface area contributed by atoms with Gasteiger partial charge < -0.3 is 19.9 Å². The van der Waals surface area contributed by atoms with Crippen LogP contribution in [0.4, 0.5) is 0 Å². The van der Waals surface area contributed by atoms with Crippen molar-refractivity contribution in [1.29, 1.82) is 0 Å². The molecule has 1 aromatic heterocycles. The highest BCUT2D eigenvalue weighted by Gasteiger charge is 2.19. The highest BCUT2D eigenvalue weighted by molar-refractivity contribution is 7.10. The maximum atomic E-state index is 6.54. The summed E-state index contributed by atoms with van der Waals surface area (Å²) in [6.45, 7) is 9.11. The Morgan fingerprint density at radius 2 is 2.04 bits per heavy atom. The van der Waals surface area contributed by atoms with Crippen LogP contribution in [0.15, 0.2) is 41.8 Å². The molecule has 2 atom stereocenters. The highest BCUT2D eigenvalue weighted by atomic mass is 32.1. The number of nitrogens with zero attached hydrogens (tertiary/aromatic N) is 2. The van der Waals surface area contributed by atoms with Crippen molar-refractivity contribution >= 4 is 11.3 Å². The van der Waals surface area contributed by atoms with Gasteiger partial charge in [0, 0.05) is 44.0 Å². The molecule has 0 saturated carbocycles. The van der Waals surface area contributed by atoms with Crippen molar-refractivity contribution in [2.75, 3.05) is 53.4 Å². The van der Waals surface area contributed by atoms with Crippen LogP contribution in [-0.4, -0.2) is 63.2 Å². The number of likely N-dealkylation sites (N-methyl/N-ethyl adjacent to an activating group) is 1. The van der Waals surface area contributed by atoms with E-state index in [4.69, 9.17) is 4.74 Å². The van der Waals surface area contributed by atoms with E-state index in [0.29, 0.717) is 0 Å². The zero-order chi connectivity index (χ0) is 19.8. The summed E-state index contributed by atoms with van der Waals surface area (Å²) in [4.78, 5) is 6.37. The molecule has 28 heavy (non-hydrogen) atoms. The molecule has 154 valence electrons. The molecule has 1 N–H and O–H groups in total. The van der Waals surface area contributed by atoms with Crippen LogP contribution >= 0.6 is 11.3 Å². The summed E-state index contributed by atoms with van der Waals surface area (Å²) in [7, 11) is 4.23. The molecule has 0 radical (unpaired) electrons. The fourth-order valence-corrected chi connectivity index (χ4v) is 4.78. The van der Waals surface area contributed by atoms with E-state index in [2.05, 4.69) is 70.9 Å². The molecule has 1 aliphatic rings. The van der Waals surface area contributed by atoms with E-state index in [1.807, 2.05) is 7.05 Å². The van der Waals surface area contributed by atoms with Crippen LogP contribution in [-0.2, 0) is 6.42 Å². The fourth-order valence-electron chi connectivity index (χ4n) is 3.99. The fraction of sp³-hybridized carbons (Fsp3) is 0.565. The summed E-state index contributed by atoms with van der Waals surface area (Å²) in [5.74, 6) is 1.76. The Bertz CT molecular complexity index is 691. The van der Waals surface area contributed by atoms with E-state index < -0.39 is 0 Å². The first-order valence-corrected chi connectivity index (χ1v) is 11.4. The smallest absolute Gasteiger partial charge is 0.134 e. The second-order valence-corrected chi connectivity index (χ2v) is 9.02. The van der Waals surface area contributed by atoms with Gasteiger partial charge in [0.25, 0.3) is 0 Å². The number of ether oxygens (including phenoxy) is 1. The van der Waals surface area contributed by atoms with E-state index in [-0.39, 0.29) is 6.10 Å². The van der Waals surface area contributed by atoms with Gasteiger partial charge in [-0.25, -0.2) is 0 Å². The van der Waals surface area contributed by atoms with Gasteiger partial charge in [0.1, 0.15) is 11.9 Å². The monoisotopic (exact) mass is 401 g/mol. The first kappa shape index (κ1) is 21.3. The van der Waals surface area contributed by atoms with Crippen LogP contribution in [0, 0.1) is 5.92 Å². The quantitative estimate of drug-likeness (QED) is 0.690. The third kappa shape index (κ3) is 6.31. The number of thiophene rings is 1. The maximum absolute atomic E-state index is 6.54. The lowest BCUT2D eigenvalue weighted by atomic mass is 10.1. The van der Waals surface area contributed by atoms with Crippen molar-refractivity contribution in [2.45, 2.75) is 25.9 Å². The molecule has 0 spiro atoms. The minimum Gasteiger partial charge on any atom is -0.485 e. The molecule has 2 aromatic rings. The molecule has 4 nitrogen and oxygen atoms in total. The van der Waals surface area contributed by atoms with Crippen molar-refractivity contribution in [3.8, 4) is 5.75 Å². The lowest BCUT2D eigenvalue weighted by molar-refractivity contribution is 0.195. The third-order valence-corrected chi connectivity index (χ3v) is 6.41. The lowest BCUT2D eigenvalue weighted by Gasteiger charge is -2.24. The van der Waals surface area contributed by atoms with Gasteiger partial charge in [-0.3, -0.25) is 0 Å². The molecule has 5 heteroatoms. The predicted octanol–water partition coefficient (Wildman–Crippen LogP) is 3.90. The van der Waals surface area contributed by atoms with E-state index in [1.165, 1.54) is 23.5 Å². The van der Waals surface area contributed by atoms with Crippen LogP contribution < -0.4 is 10.1 Å². The summed E-state index contributed by atoms with van der Waals surface area (Å²) in [6, 6.07) is 12.9. The second kappa shape index (κ2) is 11.0. The number of hydrogen-bond acceptors (Lipinski definition) is 5. The van der Waals surface area contributed by atoms with Gasteiger partial charge in [-0.05, 0) is 56.1 Å². The predicted molar refractivity (Wildman–Crippen MR) is 119 cm³/mol. The molecule has 1 aliphatic heterocycles. The van der Waals surface area contributed by atoms with E-state index in [1.54, 1.807) is 11.3 Å². The summed E-state index contributed by atoms with van der Waals surface area (Å²) in [5, 5.41) is 5.39. The van der Waals surface area contributed by atoms with Crippen molar-refractivity contribution < 1.29 is 4.74 Å². The summed E-state index contributed by atoms with van der Waals surface area (Å²) < 4.78 is 6.54. The molecule has 0 aliphatic carbocycles. The van der Waals surface area contributed by atoms with Crippen LogP contribution in [0.3, 0.4) is 0 Å². The molecular formula is C23H35N3OS. The van der Waals surface area contributed by atoms with Crippen LogP contribution in [0.5, 0.6) is 5.75 Å². The molecule has 1 fully saturated rings. The largest absolute Gasteiger partial charge is 0.485 e. The number of nitrogens with one attached hydrogen (secondary N) is 1. The number of benzene rings is 1. The van der Waals surface area contributed by atoms with E-state index in [9.17, 15) is 0 Å². The number of rotatable bonds is 9. The molecule has 0 amide bonds. The van der Waals surface area contributed by atoms with Crippen molar-refractivity contribution in [2.24, 2.45) is 5.92 Å². The highest BCUT2D eigenvalue weighted by Crippen LogP contribution is 2.30. The topological polar surface area (TPSA) is 27.7 Å². The number of hydrogen-bond donors (Lipinski definition) is 1. The summed E-state index contributed by atoms with van der Waals surface area (Å²) in [6.07, 6.45) is 2.12. The molecule has 1 aromatic carbocycles. The average Bonchev–Trinajstić information content (AvgIpc) is 3.17. The lowest BCUT2D eigenvalue weighted by Crippen LogP contribution is -2.31. The van der Waals surface area contributed by atoms with Gasteiger partial charge >= 0.3 is 0 Å². The Labute approximate surface area is 174 Å². The average molecular weight is 402 g/mol. The van der Waals surface area contributed by atoms with Crippen molar-refractivity contribution in [3.05, 3.63) is 52.2 Å². The molecule has 3 rings (SSSR count). The van der Waals surface area contributed by atoms with Gasteiger partial charge in [-0.2, -0.15) is 0 Å². The van der Waals surface area contributed by atoms with Crippen LogP contribution in [0.2, 0.25) is 0 Å². The molecular weight excluding hydrogens is 366 g/mol. The Kier molecular flexibility index (Phi) is 8.34. The summed E-state index contributed by atoms with van der Waals surface area (Å²) >= 11 is 1.78. The maximum Gasteiger partial charge on any atom is 0.134 e. The minimum atomic E-state index is 0.112. The van der Waals surface area contributed by atoms with E-state index in [0.717, 1.165) is 50.7 Å². The zero-order valence-corrected chi connectivity index (χ0v) is 18.4. The molecule has 0 unspecified atom stereocenters. The van der Waals surface area contributed by atoms with Gasteiger partial charge in [0.2, 0.25) is 0 Å². The second-order valence-electron chi connectivity index (χ2n) is 8.04. The first-order valence-electron chi connectivity index (χ1n) is 10.5. The van der Waals surface area contributed by atoms with Crippen molar-refractivity contribution in [1.82, 2.24) is 15.1 Å². The van der Waals surface area contributed by atoms with E-state index >= 15 is 0 Å². The Morgan fingerprint density at radius 1 is 1.18 bits per heavy atom. The van der Waals surface area contributed by atoms with Gasteiger partial charge in [0.15, 0.2) is 0 Å². The minimum absolute atomic E-state index is 0.112. The first-order chi connectivity index (χ1) is 13.7. The normalized spacial score (nSPS) is 20.0. The Morgan fingerprint density at radius 3 is 2.82 bits per heavy atom. The standard InChI is InChI=1S/C23H35N3OS/c1-19-17-25(3)14-15-26(18-19)13-11-20-7-4-5-8-21(20)27-22(10-12-24-2)23-9-6-16-28-23/h4-9,16,19,22,24H,10-15,17-18H2,1-3H3/t19-,22-/m1/s1. The molecule has 1 saturated heterocycles. The third-order valence-electron chi connectivity index (χ3n) is 5.45. The Hall–Kier alpha value is -1.40. The molecule has 0 bridgehead atoms. The van der Waals surface area contributed by atoms with Gasteiger partial charge in [-0.1, -0.05) is 31.2 Å². The van der Waals surface area contributed by atoms with Gasteiger partial charge in [-0.15, -0.1) is 11.3 Å².